The molecule has 0 aliphatic rings. The van der Waals surface area contributed by atoms with E-state index in [1.807, 2.05) is 56.3 Å². The van der Waals surface area contributed by atoms with E-state index < -0.39 is 0 Å². The Labute approximate surface area is 152 Å². The molecule has 0 saturated heterocycles. The number of aryl methyl sites for hydroxylation is 2. The van der Waals surface area contributed by atoms with Gasteiger partial charge >= 0.3 is 0 Å². The number of hydrogen-bond acceptors (Lipinski definition) is 5. The monoisotopic (exact) mass is 348 g/mol. The fourth-order valence-corrected chi connectivity index (χ4v) is 2.48. The van der Waals surface area contributed by atoms with Gasteiger partial charge in [-0.15, -0.1) is 0 Å². The number of hydrogen-bond donors (Lipinski definition) is 2. The Kier molecular flexibility index (Phi) is 5.12. The van der Waals surface area contributed by atoms with Crippen molar-refractivity contribution in [3.63, 3.8) is 0 Å². The van der Waals surface area contributed by atoms with Gasteiger partial charge in [-0.25, -0.2) is 9.97 Å². The van der Waals surface area contributed by atoms with Crippen molar-refractivity contribution in [2.75, 3.05) is 17.7 Å². The van der Waals surface area contributed by atoms with Crippen LogP contribution in [0, 0.1) is 13.8 Å². The van der Waals surface area contributed by atoms with E-state index in [2.05, 4.69) is 20.6 Å². The van der Waals surface area contributed by atoms with Crippen LogP contribution in [0.2, 0.25) is 0 Å². The third-order valence-corrected chi connectivity index (χ3v) is 3.79. The predicted molar refractivity (Wildman–Crippen MR) is 102 cm³/mol. The molecule has 0 saturated carbocycles. The van der Waals surface area contributed by atoms with Crippen molar-refractivity contribution >= 4 is 23.2 Å². The summed E-state index contributed by atoms with van der Waals surface area (Å²) in [5.74, 6) is 0.830. The summed E-state index contributed by atoms with van der Waals surface area (Å²) in [5, 5.41) is 5.94. The summed E-state index contributed by atoms with van der Waals surface area (Å²) >= 11 is 0. The van der Waals surface area contributed by atoms with E-state index in [-0.39, 0.29) is 5.91 Å². The Morgan fingerprint density at radius 3 is 2.42 bits per heavy atom. The number of carbonyl (C=O) groups excluding carboxylic acids is 1. The molecule has 132 valence electrons. The average Bonchev–Trinajstić information content (AvgIpc) is 2.62. The van der Waals surface area contributed by atoms with Gasteiger partial charge in [0.25, 0.3) is 5.91 Å². The van der Waals surface area contributed by atoms with Gasteiger partial charge in [-0.1, -0.05) is 18.2 Å². The van der Waals surface area contributed by atoms with Gasteiger partial charge in [-0.3, -0.25) is 4.79 Å². The van der Waals surface area contributed by atoms with Crippen molar-refractivity contribution < 1.29 is 9.53 Å². The second kappa shape index (κ2) is 7.65. The molecular weight excluding hydrogens is 328 g/mol. The van der Waals surface area contributed by atoms with Crippen LogP contribution in [0.4, 0.5) is 17.3 Å². The van der Waals surface area contributed by atoms with E-state index in [1.165, 1.54) is 12.4 Å². The number of ether oxygens (including phenoxy) is 1. The molecule has 1 amide bonds. The zero-order chi connectivity index (χ0) is 18.5. The molecule has 0 aliphatic heterocycles. The molecule has 1 aromatic heterocycles. The van der Waals surface area contributed by atoms with Crippen molar-refractivity contribution in [3.8, 4) is 5.75 Å². The number of benzene rings is 2. The second-order valence-corrected chi connectivity index (χ2v) is 5.95. The van der Waals surface area contributed by atoms with Crippen LogP contribution in [-0.4, -0.2) is 23.0 Å². The van der Waals surface area contributed by atoms with E-state index in [9.17, 15) is 4.79 Å². The molecule has 0 fully saturated rings. The third kappa shape index (κ3) is 4.16. The third-order valence-electron chi connectivity index (χ3n) is 3.79. The first-order valence-corrected chi connectivity index (χ1v) is 8.17. The highest BCUT2D eigenvalue weighted by molar-refractivity contribution is 6.03. The highest BCUT2D eigenvalue weighted by atomic mass is 16.5. The van der Waals surface area contributed by atoms with Crippen LogP contribution in [0.1, 0.15) is 21.5 Å². The summed E-state index contributed by atoms with van der Waals surface area (Å²) in [6.45, 7) is 3.96. The van der Waals surface area contributed by atoms with E-state index in [0.29, 0.717) is 17.3 Å². The lowest BCUT2D eigenvalue weighted by Crippen LogP contribution is -2.13. The fraction of sp³-hybridized carbons (Fsp3) is 0.150. The number of amides is 1. The molecule has 0 atom stereocenters. The molecule has 2 N–H and O–H groups in total. The minimum atomic E-state index is -0.254. The van der Waals surface area contributed by atoms with E-state index in [4.69, 9.17) is 4.74 Å². The van der Waals surface area contributed by atoms with Gasteiger partial charge in [-0.05, 0) is 49.2 Å². The van der Waals surface area contributed by atoms with Crippen LogP contribution < -0.4 is 15.4 Å². The lowest BCUT2D eigenvalue weighted by atomic mass is 10.2. The van der Waals surface area contributed by atoms with Crippen LogP contribution >= 0.6 is 0 Å². The van der Waals surface area contributed by atoms with Crippen molar-refractivity contribution in [2.45, 2.75) is 13.8 Å². The quantitative estimate of drug-likeness (QED) is 0.726. The summed E-state index contributed by atoms with van der Waals surface area (Å²) in [6, 6.07) is 13.4. The molecule has 0 spiro atoms. The summed E-state index contributed by atoms with van der Waals surface area (Å²) in [7, 11) is 1.61. The summed E-state index contributed by atoms with van der Waals surface area (Å²) in [4.78, 5) is 20.7. The van der Waals surface area contributed by atoms with Gasteiger partial charge in [0.1, 0.15) is 5.75 Å². The van der Waals surface area contributed by atoms with Crippen LogP contribution in [0.5, 0.6) is 5.75 Å². The summed E-state index contributed by atoms with van der Waals surface area (Å²) in [5.41, 5.74) is 4.05. The maximum absolute atomic E-state index is 12.3. The highest BCUT2D eigenvalue weighted by Gasteiger charge is 2.09. The Bertz CT molecular complexity index is 923. The van der Waals surface area contributed by atoms with E-state index in [1.54, 1.807) is 7.11 Å². The van der Waals surface area contributed by atoms with E-state index >= 15 is 0 Å². The Balaban J connectivity index is 1.72. The first kappa shape index (κ1) is 17.4. The molecule has 0 bridgehead atoms. The molecule has 3 rings (SSSR count). The smallest absolute Gasteiger partial charge is 0.258 e. The largest absolute Gasteiger partial charge is 0.495 e. The molecule has 6 nitrogen and oxygen atoms in total. The topological polar surface area (TPSA) is 76.1 Å². The van der Waals surface area contributed by atoms with Crippen LogP contribution in [-0.2, 0) is 0 Å². The number of carbonyl (C=O) groups is 1. The Morgan fingerprint density at radius 1 is 1.00 bits per heavy atom. The number of nitrogens with one attached hydrogen (secondary N) is 2. The SMILES string of the molecule is COc1ccc(C)cc1Nc1ncc(C(=O)Nc2cccc(C)c2)cn1. The number of anilines is 3. The molecule has 3 aromatic rings. The predicted octanol–water partition coefficient (Wildman–Crippen LogP) is 4.10. The zero-order valence-corrected chi connectivity index (χ0v) is 14.9. The molecule has 2 aromatic carbocycles. The summed E-state index contributed by atoms with van der Waals surface area (Å²) in [6.07, 6.45) is 2.98. The Hall–Kier alpha value is -3.41. The van der Waals surface area contributed by atoms with Gasteiger partial charge in [0.15, 0.2) is 0 Å². The Morgan fingerprint density at radius 2 is 1.73 bits per heavy atom. The molecular formula is C20H20N4O2. The van der Waals surface area contributed by atoms with Crippen LogP contribution in [0.25, 0.3) is 0 Å². The molecule has 0 unspecified atom stereocenters. The number of aromatic nitrogens is 2. The molecule has 0 aliphatic carbocycles. The summed E-state index contributed by atoms with van der Waals surface area (Å²) < 4.78 is 5.33. The maximum atomic E-state index is 12.3. The second-order valence-electron chi connectivity index (χ2n) is 5.95. The lowest BCUT2D eigenvalue weighted by molar-refractivity contribution is 0.102. The van der Waals surface area contributed by atoms with Gasteiger partial charge in [0.05, 0.1) is 18.4 Å². The average molecular weight is 348 g/mol. The first-order valence-electron chi connectivity index (χ1n) is 8.17. The number of rotatable bonds is 5. The van der Waals surface area contributed by atoms with Crippen molar-refractivity contribution in [1.82, 2.24) is 9.97 Å². The van der Waals surface area contributed by atoms with Crippen LogP contribution in [0.15, 0.2) is 54.9 Å². The lowest BCUT2D eigenvalue weighted by Gasteiger charge is -2.11. The number of nitrogens with zero attached hydrogens (tertiary/aromatic N) is 2. The zero-order valence-electron chi connectivity index (χ0n) is 14.9. The standard InChI is InChI=1S/C20H20N4O2/c1-13-5-4-6-16(9-13)23-19(25)15-11-21-20(22-12-15)24-17-10-14(2)7-8-18(17)26-3/h4-12H,1-3H3,(H,23,25)(H,21,22,24). The van der Waals surface area contributed by atoms with Gasteiger partial charge in [0.2, 0.25) is 5.95 Å². The molecule has 6 heteroatoms. The fourth-order valence-electron chi connectivity index (χ4n) is 2.48. The van der Waals surface area contributed by atoms with Gasteiger partial charge in [0, 0.05) is 18.1 Å². The molecule has 26 heavy (non-hydrogen) atoms. The highest BCUT2D eigenvalue weighted by Crippen LogP contribution is 2.27. The van der Waals surface area contributed by atoms with Crippen molar-refractivity contribution in [3.05, 3.63) is 71.5 Å². The maximum Gasteiger partial charge on any atom is 0.258 e. The van der Waals surface area contributed by atoms with Crippen LogP contribution in [0.3, 0.4) is 0 Å². The first-order chi connectivity index (χ1) is 12.5. The van der Waals surface area contributed by atoms with Crippen molar-refractivity contribution in [2.24, 2.45) is 0 Å². The van der Waals surface area contributed by atoms with Gasteiger partial charge < -0.3 is 15.4 Å². The van der Waals surface area contributed by atoms with E-state index in [0.717, 1.165) is 22.5 Å². The van der Waals surface area contributed by atoms with Crippen molar-refractivity contribution in [1.29, 1.82) is 0 Å². The minimum Gasteiger partial charge on any atom is -0.495 e. The number of methoxy groups -OCH3 is 1. The normalized spacial score (nSPS) is 10.3. The molecule has 1 heterocycles. The molecule has 0 radical (unpaired) electrons. The minimum absolute atomic E-state index is 0.254. The van der Waals surface area contributed by atoms with Gasteiger partial charge in [-0.2, -0.15) is 0 Å².